The molecule has 0 aliphatic rings. The molecule has 0 fully saturated rings. The molecule has 0 saturated carbocycles. The van der Waals surface area contributed by atoms with Gasteiger partial charge in [-0.15, -0.1) is 0 Å². The highest BCUT2D eigenvalue weighted by Crippen LogP contribution is 2.30. The highest BCUT2D eigenvalue weighted by atomic mass is 35.5. The van der Waals surface area contributed by atoms with Gasteiger partial charge in [0.1, 0.15) is 5.82 Å². The largest absolute Gasteiger partial charge is 0.309 e. The van der Waals surface area contributed by atoms with Gasteiger partial charge in [0.25, 0.3) is 0 Å². The summed E-state index contributed by atoms with van der Waals surface area (Å²) in [7, 11) is 1.87. The van der Waals surface area contributed by atoms with Gasteiger partial charge in [-0.25, -0.2) is 4.39 Å². The smallest absolute Gasteiger partial charge is 0.142 e. The minimum atomic E-state index is -0.394. The van der Waals surface area contributed by atoms with Crippen molar-refractivity contribution in [2.75, 3.05) is 7.05 Å². The van der Waals surface area contributed by atoms with Gasteiger partial charge < -0.3 is 5.32 Å². The third-order valence-corrected chi connectivity index (χ3v) is 4.01. The summed E-state index contributed by atoms with van der Waals surface area (Å²) >= 11 is 5.77. The SMILES string of the molecule is CNC(c1ccc(Cl)c(F)c1)c1cccc2ccccc12. The molecule has 3 aromatic rings. The molecule has 1 atom stereocenters. The van der Waals surface area contributed by atoms with Crippen LogP contribution in [0.25, 0.3) is 10.8 Å². The normalized spacial score (nSPS) is 12.5. The minimum Gasteiger partial charge on any atom is -0.309 e. The van der Waals surface area contributed by atoms with Gasteiger partial charge >= 0.3 is 0 Å². The summed E-state index contributed by atoms with van der Waals surface area (Å²) in [6, 6.07) is 19.2. The van der Waals surface area contributed by atoms with E-state index >= 15 is 0 Å². The van der Waals surface area contributed by atoms with E-state index in [4.69, 9.17) is 11.6 Å². The molecule has 0 radical (unpaired) electrons. The first-order valence-corrected chi connectivity index (χ1v) is 7.18. The zero-order valence-corrected chi connectivity index (χ0v) is 12.4. The molecule has 0 saturated heterocycles. The van der Waals surface area contributed by atoms with Crippen LogP contribution < -0.4 is 5.32 Å². The van der Waals surface area contributed by atoms with Crippen LogP contribution in [0, 0.1) is 5.82 Å². The number of hydrogen-bond acceptors (Lipinski definition) is 1. The van der Waals surface area contributed by atoms with Crippen LogP contribution in [-0.2, 0) is 0 Å². The zero-order valence-electron chi connectivity index (χ0n) is 11.6. The van der Waals surface area contributed by atoms with Crippen LogP contribution in [0.15, 0.2) is 60.7 Å². The fraction of sp³-hybridized carbons (Fsp3) is 0.111. The van der Waals surface area contributed by atoms with Crippen LogP contribution in [0.2, 0.25) is 5.02 Å². The number of hydrogen-bond donors (Lipinski definition) is 1. The average molecular weight is 300 g/mol. The second kappa shape index (κ2) is 5.84. The maximum Gasteiger partial charge on any atom is 0.142 e. The Labute approximate surface area is 128 Å². The van der Waals surface area contributed by atoms with Gasteiger partial charge in [0.05, 0.1) is 11.1 Å². The molecule has 0 bridgehead atoms. The van der Waals surface area contributed by atoms with Gasteiger partial charge in [0.15, 0.2) is 0 Å². The average Bonchev–Trinajstić information content (AvgIpc) is 2.52. The predicted molar refractivity (Wildman–Crippen MR) is 86.3 cm³/mol. The third kappa shape index (κ3) is 2.65. The molecule has 0 aliphatic heterocycles. The molecular formula is C18H15ClFN. The van der Waals surface area contributed by atoms with Crippen molar-refractivity contribution >= 4 is 22.4 Å². The van der Waals surface area contributed by atoms with Gasteiger partial charge in [-0.3, -0.25) is 0 Å². The fourth-order valence-electron chi connectivity index (χ4n) is 2.70. The summed E-state index contributed by atoms with van der Waals surface area (Å²) in [5.74, 6) is -0.394. The number of fused-ring (bicyclic) bond motifs is 1. The van der Waals surface area contributed by atoms with Gasteiger partial charge in [0, 0.05) is 0 Å². The molecule has 0 amide bonds. The topological polar surface area (TPSA) is 12.0 Å². The summed E-state index contributed by atoms with van der Waals surface area (Å²) in [6.45, 7) is 0. The van der Waals surface area contributed by atoms with Crippen molar-refractivity contribution in [3.63, 3.8) is 0 Å². The molecule has 3 heteroatoms. The molecule has 1 unspecified atom stereocenters. The van der Waals surface area contributed by atoms with Crippen molar-refractivity contribution in [1.29, 1.82) is 0 Å². The van der Waals surface area contributed by atoms with Crippen molar-refractivity contribution in [3.05, 3.63) is 82.6 Å². The Morgan fingerprint density at radius 2 is 1.76 bits per heavy atom. The summed E-state index contributed by atoms with van der Waals surface area (Å²) in [4.78, 5) is 0. The first-order chi connectivity index (χ1) is 10.2. The van der Waals surface area contributed by atoms with Gasteiger partial charge in [-0.1, -0.05) is 60.1 Å². The second-order valence-electron chi connectivity index (χ2n) is 4.96. The third-order valence-electron chi connectivity index (χ3n) is 3.70. The number of nitrogens with one attached hydrogen (secondary N) is 1. The standard InChI is InChI=1S/C18H15ClFN/c1-21-18(13-9-10-16(19)17(20)11-13)15-8-4-6-12-5-2-3-7-14(12)15/h2-11,18,21H,1H3. The summed E-state index contributed by atoms with van der Waals surface area (Å²) in [5, 5.41) is 5.74. The molecule has 3 aromatic carbocycles. The fourth-order valence-corrected chi connectivity index (χ4v) is 2.81. The molecule has 0 spiro atoms. The van der Waals surface area contributed by atoms with Crippen molar-refractivity contribution in [2.24, 2.45) is 0 Å². The van der Waals surface area contributed by atoms with Crippen molar-refractivity contribution in [3.8, 4) is 0 Å². The van der Waals surface area contributed by atoms with E-state index in [0.717, 1.165) is 16.5 Å². The number of benzene rings is 3. The maximum atomic E-state index is 13.7. The van der Waals surface area contributed by atoms with Crippen molar-refractivity contribution in [2.45, 2.75) is 6.04 Å². The van der Waals surface area contributed by atoms with Crippen molar-refractivity contribution < 1.29 is 4.39 Å². The van der Waals surface area contributed by atoms with Crippen LogP contribution in [0.5, 0.6) is 0 Å². The van der Waals surface area contributed by atoms with E-state index in [1.165, 1.54) is 11.5 Å². The second-order valence-corrected chi connectivity index (χ2v) is 5.37. The van der Waals surface area contributed by atoms with E-state index in [2.05, 4.69) is 29.6 Å². The highest BCUT2D eigenvalue weighted by molar-refractivity contribution is 6.30. The molecular weight excluding hydrogens is 285 g/mol. The lowest BCUT2D eigenvalue weighted by atomic mass is 9.94. The van der Waals surface area contributed by atoms with Crippen LogP contribution in [0.4, 0.5) is 4.39 Å². The molecule has 0 heterocycles. The Hall–Kier alpha value is -1.90. The molecule has 1 N–H and O–H groups in total. The monoisotopic (exact) mass is 299 g/mol. The van der Waals surface area contributed by atoms with E-state index in [1.807, 2.05) is 31.3 Å². The highest BCUT2D eigenvalue weighted by Gasteiger charge is 2.16. The van der Waals surface area contributed by atoms with Gasteiger partial charge in [0.2, 0.25) is 0 Å². The first kappa shape index (κ1) is 14.1. The van der Waals surface area contributed by atoms with Gasteiger partial charge in [-0.2, -0.15) is 0 Å². The van der Waals surface area contributed by atoms with Crippen LogP contribution in [-0.4, -0.2) is 7.05 Å². The Bertz CT molecular complexity index is 780. The number of rotatable bonds is 3. The van der Waals surface area contributed by atoms with E-state index < -0.39 is 5.82 Å². The predicted octanol–water partition coefficient (Wildman–Crippen LogP) is 4.94. The molecule has 21 heavy (non-hydrogen) atoms. The molecule has 0 aromatic heterocycles. The summed E-state index contributed by atoms with van der Waals surface area (Å²) in [6.07, 6.45) is 0. The lowest BCUT2D eigenvalue weighted by Gasteiger charge is -2.19. The Balaban J connectivity index is 2.16. The molecule has 0 aliphatic carbocycles. The quantitative estimate of drug-likeness (QED) is 0.722. The molecule has 1 nitrogen and oxygen atoms in total. The van der Waals surface area contributed by atoms with Crippen LogP contribution in [0.3, 0.4) is 0 Å². The maximum absolute atomic E-state index is 13.7. The molecule has 106 valence electrons. The first-order valence-electron chi connectivity index (χ1n) is 6.80. The van der Waals surface area contributed by atoms with E-state index in [-0.39, 0.29) is 11.1 Å². The molecule has 3 rings (SSSR count). The summed E-state index contributed by atoms with van der Waals surface area (Å²) < 4.78 is 13.7. The lowest BCUT2D eigenvalue weighted by molar-refractivity contribution is 0.617. The van der Waals surface area contributed by atoms with Crippen LogP contribution >= 0.6 is 11.6 Å². The zero-order chi connectivity index (χ0) is 14.8. The van der Waals surface area contributed by atoms with Crippen LogP contribution in [0.1, 0.15) is 17.2 Å². The summed E-state index contributed by atoms with van der Waals surface area (Å²) in [5.41, 5.74) is 1.98. The van der Waals surface area contributed by atoms with Gasteiger partial charge in [-0.05, 0) is 41.1 Å². The van der Waals surface area contributed by atoms with E-state index in [1.54, 1.807) is 6.07 Å². The minimum absolute atomic E-state index is 0.0807. The van der Waals surface area contributed by atoms with Crippen molar-refractivity contribution in [1.82, 2.24) is 5.32 Å². The Morgan fingerprint density at radius 3 is 2.52 bits per heavy atom. The number of halogens is 2. The van der Waals surface area contributed by atoms with E-state index in [9.17, 15) is 4.39 Å². The van der Waals surface area contributed by atoms with E-state index in [0.29, 0.717) is 0 Å². The lowest BCUT2D eigenvalue weighted by Crippen LogP contribution is -2.18. The Morgan fingerprint density at radius 1 is 1.00 bits per heavy atom. The Kier molecular flexibility index (Phi) is 3.91.